The molecule has 1 fully saturated rings. The minimum Gasteiger partial charge on any atom is -0.378 e. The third-order valence-electron chi connectivity index (χ3n) is 3.28. The second-order valence-corrected chi connectivity index (χ2v) is 4.89. The topological polar surface area (TPSA) is 9.23 Å². The summed E-state index contributed by atoms with van der Waals surface area (Å²) in [6.07, 6.45) is 4.51. The van der Waals surface area contributed by atoms with E-state index in [1.54, 1.807) is 0 Å². The fraction of sp³-hybridized carbons (Fsp3) is 1.00. The minimum absolute atomic E-state index is 0.543. The summed E-state index contributed by atoms with van der Waals surface area (Å²) in [7, 11) is 0. The van der Waals surface area contributed by atoms with Crippen LogP contribution in [0.15, 0.2) is 0 Å². The van der Waals surface area contributed by atoms with Crippen LogP contribution in [0, 0.1) is 17.8 Å². The van der Waals surface area contributed by atoms with Crippen LogP contribution in [0.1, 0.15) is 47.0 Å². The Morgan fingerprint density at radius 1 is 1.23 bits per heavy atom. The molecule has 1 rings (SSSR count). The lowest BCUT2D eigenvalue weighted by Gasteiger charge is -2.35. The predicted molar refractivity (Wildman–Crippen MR) is 56.8 cm³/mol. The van der Waals surface area contributed by atoms with E-state index in [0.717, 1.165) is 24.4 Å². The van der Waals surface area contributed by atoms with E-state index in [0.29, 0.717) is 6.10 Å². The Balaban J connectivity index is 2.42. The Bertz CT molecular complexity index is 142. The second kappa shape index (κ2) is 4.99. The first-order chi connectivity index (χ1) is 6.13. The number of rotatable bonds is 3. The average molecular weight is 184 g/mol. The van der Waals surface area contributed by atoms with Crippen molar-refractivity contribution < 1.29 is 4.74 Å². The van der Waals surface area contributed by atoms with Crippen LogP contribution < -0.4 is 0 Å². The summed E-state index contributed by atoms with van der Waals surface area (Å²) >= 11 is 0. The van der Waals surface area contributed by atoms with Crippen molar-refractivity contribution in [3.05, 3.63) is 0 Å². The summed E-state index contributed by atoms with van der Waals surface area (Å²) in [5.41, 5.74) is 0. The standard InChI is InChI=1S/C12H24O/c1-5-13-12-7-10(4)6-11(8-12)9(2)3/h9-12H,5-8H2,1-4H3/t10?,11?,12-/m1/s1. The van der Waals surface area contributed by atoms with Crippen LogP contribution in [-0.4, -0.2) is 12.7 Å². The van der Waals surface area contributed by atoms with Crippen LogP contribution >= 0.6 is 0 Å². The minimum atomic E-state index is 0.543. The van der Waals surface area contributed by atoms with E-state index in [2.05, 4.69) is 27.7 Å². The number of hydrogen-bond acceptors (Lipinski definition) is 1. The van der Waals surface area contributed by atoms with Crippen molar-refractivity contribution in [3.8, 4) is 0 Å². The van der Waals surface area contributed by atoms with Gasteiger partial charge >= 0.3 is 0 Å². The Kier molecular flexibility index (Phi) is 4.24. The van der Waals surface area contributed by atoms with E-state index in [-0.39, 0.29) is 0 Å². The van der Waals surface area contributed by atoms with Crippen LogP contribution in [0.3, 0.4) is 0 Å². The number of ether oxygens (including phenoxy) is 1. The largest absolute Gasteiger partial charge is 0.378 e. The van der Waals surface area contributed by atoms with Gasteiger partial charge in [0.25, 0.3) is 0 Å². The number of hydrogen-bond donors (Lipinski definition) is 0. The van der Waals surface area contributed by atoms with Gasteiger partial charge in [-0.2, -0.15) is 0 Å². The van der Waals surface area contributed by atoms with Gasteiger partial charge in [-0.05, 0) is 43.9 Å². The maximum atomic E-state index is 5.73. The maximum Gasteiger partial charge on any atom is 0.0580 e. The molecule has 0 aromatic heterocycles. The normalized spacial score (nSPS) is 35.3. The first-order valence-electron chi connectivity index (χ1n) is 5.75. The smallest absolute Gasteiger partial charge is 0.0580 e. The monoisotopic (exact) mass is 184 g/mol. The molecule has 3 atom stereocenters. The van der Waals surface area contributed by atoms with Gasteiger partial charge in [-0.15, -0.1) is 0 Å². The van der Waals surface area contributed by atoms with Crippen molar-refractivity contribution in [3.63, 3.8) is 0 Å². The molecule has 0 aromatic rings. The summed E-state index contributed by atoms with van der Waals surface area (Å²) in [5, 5.41) is 0. The highest BCUT2D eigenvalue weighted by atomic mass is 16.5. The molecule has 0 amide bonds. The van der Waals surface area contributed by atoms with Crippen LogP contribution in [-0.2, 0) is 4.74 Å². The Morgan fingerprint density at radius 3 is 2.46 bits per heavy atom. The third-order valence-corrected chi connectivity index (χ3v) is 3.28. The summed E-state index contributed by atoms with van der Waals surface area (Å²) in [6.45, 7) is 10.0. The van der Waals surface area contributed by atoms with Gasteiger partial charge in [-0.1, -0.05) is 20.8 Å². The molecule has 0 saturated heterocycles. The van der Waals surface area contributed by atoms with Crippen molar-refractivity contribution in [2.45, 2.75) is 53.1 Å². The van der Waals surface area contributed by atoms with Crippen LogP contribution in [0.2, 0.25) is 0 Å². The molecule has 1 nitrogen and oxygen atoms in total. The average Bonchev–Trinajstić information content (AvgIpc) is 2.03. The molecule has 0 radical (unpaired) electrons. The Labute approximate surface area is 82.9 Å². The molecule has 0 heterocycles. The van der Waals surface area contributed by atoms with Gasteiger partial charge in [-0.25, -0.2) is 0 Å². The van der Waals surface area contributed by atoms with Gasteiger partial charge in [0, 0.05) is 6.61 Å². The quantitative estimate of drug-likeness (QED) is 0.652. The molecule has 1 aliphatic rings. The zero-order valence-electron chi connectivity index (χ0n) is 9.55. The van der Waals surface area contributed by atoms with Gasteiger partial charge in [0.05, 0.1) is 6.10 Å². The van der Waals surface area contributed by atoms with Crippen molar-refractivity contribution in [2.24, 2.45) is 17.8 Å². The highest BCUT2D eigenvalue weighted by Crippen LogP contribution is 2.34. The lowest BCUT2D eigenvalue weighted by molar-refractivity contribution is -0.00348. The van der Waals surface area contributed by atoms with Crippen LogP contribution in [0.5, 0.6) is 0 Å². The molecule has 0 bridgehead atoms. The summed E-state index contributed by atoms with van der Waals surface area (Å²) in [6, 6.07) is 0. The van der Waals surface area contributed by atoms with Crippen molar-refractivity contribution in [1.29, 1.82) is 0 Å². The molecule has 78 valence electrons. The molecule has 0 spiro atoms. The third kappa shape index (κ3) is 3.30. The predicted octanol–water partition coefficient (Wildman–Crippen LogP) is 3.48. The van der Waals surface area contributed by atoms with Crippen molar-refractivity contribution >= 4 is 0 Å². The molecule has 1 heteroatoms. The van der Waals surface area contributed by atoms with E-state index in [9.17, 15) is 0 Å². The fourth-order valence-corrected chi connectivity index (χ4v) is 2.51. The zero-order valence-corrected chi connectivity index (χ0v) is 9.55. The second-order valence-electron chi connectivity index (χ2n) is 4.89. The lowest BCUT2D eigenvalue weighted by atomic mass is 9.75. The van der Waals surface area contributed by atoms with E-state index in [4.69, 9.17) is 4.74 Å². The summed E-state index contributed by atoms with van der Waals surface area (Å²) < 4.78 is 5.73. The lowest BCUT2D eigenvalue weighted by Crippen LogP contribution is -2.29. The van der Waals surface area contributed by atoms with Gasteiger partial charge in [-0.3, -0.25) is 0 Å². The fourth-order valence-electron chi connectivity index (χ4n) is 2.51. The SMILES string of the molecule is CCO[C@@H]1CC(C)CC(C(C)C)C1. The van der Waals surface area contributed by atoms with Crippen LogP contribution in [0.25, 0.3) is 0 Å². The van der Waals surface area contributed by atoms with Gasteiger partial charge in [0.2, 0.25) is 0 Å². The zero-order chi connectivity index (χ0) is 9.84. The summed E-state index contributed by atoms with van der Waals surface area (Å²) in [5.74, 6) is 2.57. The molecule has 0 N–H and O–H groups in total. The van der Waals surface area contributed by atoms with E-state index in [1.807, 2.05) is 0 Å². The van der Waals surface area contributed by atoms with Gasteiger partial charge in [0.15, 0.2) is 0 Å². The summed E-state index contributed by atoms with van der Waals surface area (Å²) in [4.78, 5) is 0. The van der Waals surface area contributed by atoms with Crippen molar-refractivity contribution in [1.82, 2.24) is 0 Å². The molecule has 1 aliphatic carbocycles. The first-order valence-corrected chi connectivity index (χ1v) is 5.75. The first kappa shape index (κ1) is 11.0. The maximum absolute atomic E-state index is 5.73. The molecule has 0 aromatic carbocycles. The highest BCUT2D eigenvalue weighted by Gasteiger charge is 2.28. The molecular weight excluding hydrogens is 160 g/mol. The Morgan fingerprint density at radius 2 is 1.92 bits per heavy atom. The Hall–Kier alpha value is -0.0400. The van der Waals surface area contributed by atoms with Gasteiger partial charge < -0.3 is 4.74 Å². The van der Waals surface area contributed by atoms with E-state index >= 15 is 0 Å². The molecule has 2 unspecified atom stereocenters. The van der Waals surface area contributed by atoms with E-state index in [1.165, 1.54) is 19.3 Å². The molecule has 0 aliphatic heterocycles. The molecular formula is C12H24O. The van der Waals surface area contributed by atoms with Crippen LogP contribution in [0.4, 0.5) is 0 Å². The van der Waals surface area contributed by atoms with E-state index < -0.39 is 0 Å². The molecule has 1 saturated carbocycles. The van der Waals surface area contributed by atoms with Crippen molar-refractivity contribution in [2.75, 3.05) is 6.61 Å². The highest BCUT2D eigenvalue weighted by molar-refractivity contribution is 4.79. The molecule has 13 heavy (non-hydrogen) atoms. The van der Waals surface area contributed by atoms with Gasteiger partial charge in [0.1, 0.15) is 0 Å².